The number of nitrogens with two attached hydrogens (primary N) is 1. The van der Waals surface area contributed by atoms with Gasteiger partial charge in [-0.1, -0.05) is 13.8 Å². The zero-order valence-corrected chi connectivity index (χ0v) is 8.42. The van der Waals surface area contributed by atoms with Crippen LogP contribution >= 0.6 is 0 Å². The lowest BCUT2D eigenvalue weighted by Gasteiger charge is -2.17. The molecule has 0 amide bonds. The summed E-state index contributed by atoms with van der Waals surface area (Å²) >= 11 is 0. The van der Waals surface area contributed by atoms with Gasteiger partial charge in [-0.3, -0.25) is 0 Å². The first-order chi connectivity index (χ1) is 4.74. The minimum atomic E-state index is -0.848. The van der Waals surface area contributed by atoms with Crippen LogP contribution in [-0.4, -0.2) is 21.7 Å². The first-order valence-corrected chi connectivity index (χ1v) is 6.20. The van der Waals surface area contributed by atoms with Crippen molar-refractivity contribution < 1.29 is 4.43 Å². The van der Waals surface area contributed by atoms with Gasteiger partial charge >= 0.3 is 0 Å². The Morgan fingerprint density at radius 2 is 1.90 bits per heavy atom. The zero-order chi connectivity index (χ0) is 7.98. The summed E-state index contributed by atoms with van der Waals surface area (Å²) in [6, 6.07) is 2.45. The van der Waals surface area contributed by atoms with Gasteiger partial charge in [-0.15, -0.1) is 0 Å². The van der Waals surface area contributed by atoms with Crippen LogP contribution in [0.2, 0.25) is 12.1 Å². The van der Waals surface area contributed by atoms with Crippen LogP contribution in [-0.2, 0) is 4.43 Å². The molecule has 0 aliphatic carbocycles. The van der Waals surface area contributed by atoms with Gasteiger partial charge in [0.15, 0.2) is 9.04 Å². The third-order valence-electron chi connectivity index (χ3n) is 1.67. The molecule has 62 valence electrons. The summed E-state index contributed by atoms with van der Waals surface area (Å²) in [4.78, 5) is 0. The van der Waals surface area contributed by atoms with Gasteiger partial charge in [0.05, 0.1) is 6.10 Å². The van der Waals surface area contributed by atoms with Crippen molar-refractivity contribution in [2.45, 2.75) is 39.0 Å². The fourth-order valence-electron chi connectivity index (χ4n) is 0.865. The average Bonchev–Trinajstić information content (AvgIpc) is 1.99. The maximum Gasteiger partial charge on any atom is 0.176 e. The zero-order valence-electron chi connectivity index (χ0n) is 7.26. The maximum absolute atomic E-state index is 5.71. The fourth-order valence-corrected chi connectivity index (χ4v) is 2.60. The molecule has 0 fully saturated rings. The van der Waals surface area contributed by atoms with Crippen LogP contribution in [0.15, 0.2) is 0 Å². The van der Waals surface area contributed by atoms with Crippen LogP contribution in [0.1, 0.15) is 20.8 Å². The molecule has 0 saturated carbocycles. The van der Waals surface area contributed by atoms with Crippen LogP contribution in [0.25, 0.3) is 0 Å². The highest BCUT2D eigenvalue weighted by atomic mass is 28.3. The van der Waals surface area contributed by atoms with Gasteiger partial charge in [0.1, 0.15) is 0 Å². The van der Waals surface area contributed by atoms with Crippen LogP contribution in [0.4, 0.5) is 0 Å². The smallest absolute Gasteiger partial charge is 0.176 e. The molecule has 0 bridgehead atoms. The minimum absolute atomic E-state index is 0.275. The maximum atomic E-state index is 5.71. The Bertz CT molecular complexity index is 76.0. The van der Waals surface area contributed by atoms with Crippen molar-refractivity contribution in [3.63, 3.8) is 0 Å². The Morgan fingerprint density at radius 1 is 1.40 bits per heavy atom. The van der Waals surface area contributed by atoms with Gasteiger partial charge in [0.2, 0.25) is 0 Å². The van der Waals surface area contributed by atoms with Crippen molar-refractivity contribution in [1.82, 2.24) is 0 Å². The number of hydrogen-bond acceptors (Lipinski definition) is 2. The van der Waals surface area contributed by atoms with Crippen molar-refractivity contribution in [1.29, 1.82) is 0 Å². The number of hydrogen-bond donors (Lipinski definition) is 1. The van der Waals surface area contributed by atoms with Gasteiger partial charge in [-0.2, -0.15) is 0 Å². The third kappa shape index (κ3) is 4.03. The van der Waals surface area contributed by atoms with E-state index in [0.717, 1.165) is 0 Å². The third-order valence-corrected chi connectivity index (χ3v) is 4.34. The molecule has 0 rings (SSSR count). The summed E-state index contributed by atoms with van der Waals surface area (Å²) in [7, 11) is -0.848. The predicted molar refractivity (Wildman–Crippen MR) is 47.7 cm³/mol. The lowest BCUT2D eigenvalue weighted by Crippen LogP contribution is -2.28. The van der Waals surface area contributed by atoms with E-state index in [0.29, 0.717) is 6.54 Å². The normalized spacial score (nSPS) is 14.1. The summed E-state index contributed by atoms with van der Waals surface area (Å²) in [5.74, 6) is 0. The van der Waals surface area contributed by atoms with Gasteiger partial charge in [0.25, 0.3) is 0 Å². The first kappa shape index (κ1) is 10.1. The van der Waals surface area contributed by atoms with E-state index in [2.05, 4.69) is 13.8 Å². The van der Waals surface area contributed by atoms with Crippen molar-refractivity contribution >= 4 is 9.04 Å². The molecule has 0 aromatic heterocycles. The van der Waals surface area contributed by atoms with Crippen molar-refractivity contribution in [2.24, 2.45) is 5.73 Å². The van der Waals surface area contributed by atoms with E-state index >= 15 is 0 Å². The highest BCUT2D eigenvalue weighted by Gasteiger charge is 2.09. The molecule has 10 heavy (non-hydrogen) atoms. The van der Waals surface area contributed by atoms with Gasteiger partial charge in [-0.25, -0.2) is 0 Å². The molecule has 0 heterocycles. The van der Waals surface area contributed by atoms with Gasteiger partial charge in [-0.05, 0) is 19.0 Å². The molecule has 2 nitrogen and oxygen atoms in total. The Balaban J connectivity index is 3.41. The van der Waals surface area contributed by atoms with Crippen LogP contribution in [0.5, 0.6) is 0 Å². The van der Waals surface area contributed by atoms with Gasteiger partial charge < -0.3 is 10.2 Å². The van der Waals surface area contributed by atoms with Crippen molar-refractivity contribution in [2.75, 3.05) is 6.54 Å². The Labute approximate surface area is 65.5 Å². The van der Waals surface area contributed by atoms with E-state index in [1.54, 1.807) is 0 Å². The first-order valence-electron chi connectivity index (χ1n) is 4.10. The Hall–Kier alpha value is 0.137. The molecular weight excluding hydrogens is 142 g/mol. The quantitative estimate of drug-likeness (QED) is 0.613. The Kier molecular flexibility index (Phi) is 5.97. The molecule has 0 saturated heterocycles. The van der Waals surface area contributed by atoms with Crippen molar-refractivity contribution in [3.8, 4) is 0 Å². The monoisotopic (exact) mass is 161 g/mol. The van der Waals surface area contributed by atoms with E-state index in [9.17, 15) is 0 Å². The number of rotatable bonds is 5. The van der Waals surface area contributed by atoms with E-state index in [1.807, 2.05) is 6.92 Å². The lowest BCUT2D eigenvalue weighted by molar-refractivity contribution is 0.229. The topological polar surface area (TPSA) is 35.2 Å². The lowest BCUT2D eigenvalue weighted by atomic mass is 10.4. The second-order valence-corrected chi connectivity index (χ2v) is 5.77. The van der Waals surface area contributed by atoms with Crippen LogP contribution in [0, 0.1) is 0 Å². The van der Waals surface area contributed by atoms with E-state index in [4.69, 9.17) is 10.2 Å². The van der Waals surface area contributed by atoms with E-state index in [1.165, 1.54) is 12.1 Å². The minimum Gasteiger partial charge on any atom is -0.416 e. The molecule has 0 aromatic carbocycles. The van der Waals surface area contributed by atoms with E-state index < -0.39 is 9.04 Å². The Morgan fingerprint density at radius 3 is 2.20 bits per heavy atom. The molecule has 0 radical (unpaired) electrons. The summed E-state index contributed by atoms with van der Waals surface area (Å²) in [5.41, 5.74) is 5.43. The highest BCUT2D eigenvalue weighted by molar-refractivity contribution is 6.51. The fraction of sp³-hybridized carbons (Fsp3) is 1.00. The van der Waals surface area contributed by atoms with Crippen molar-refractivity contribution in [3.05, 3.63) is 0 Å². The molecule has 1 atom stereocenters. The molecule has 2 N–H and O–H groups in total. The summed E-state index contributed by atoms with van der Waals surface area (Å²) < 4.78 is 5.71. The second kappa shape index (κ2) is 5.89. The van der Waals surface area contributed by atoms with Gasteiger partial charge in [0, 0.05) is 6.54 Å². The summed E-state index contributed by atoms with van der Waals surface area (Å²) in [6.07, 6.45) is 0.275. The predicted octanol–water partition coefficient (Wildman–Crippen LogP) is 1.11. The molecule has 3 heteroatoms. The van der Waals surface area contributed by atoms with E-state index in [-0.39, 0.29) is 6.10 Å². The molecule has 0 spiro atoms. The van der Waals surface area contributed by atoms with Crippen LogP contribution in [0.3, 0.4) is 0 Å². The molecule has 0 aliphatic rings. The van der Waals surface area contributed by atoms with Crippen LogP contribution < -0.4 is 5.73 Å². The summed E-state index contributed by atoms with van der Waals surface area (Å²) in [5, 5.41) is 0. The average molecular weight is 161 g/mol. The molecule has 0 aliphatic heterocycles. The standard InChI is InChI=1S/C7H19NOSi/c1-4-10(5-2)9-7(3)6-8/h7,10H,4-6,8H2,1-3H3. The molecular formula is C7H19NOSi. The molecule has 1 unspecified atom stereocenters. The SMILES string of the molecule is CC[SiH](CC)OC(C)CN. The second-order valence-electron chi connectivity index (χ2n) is 2.62. The largest absolute Gasteiger partial charge is 0.416 e. The highest BCUT2D eigenvalue weighted by Crippen LogP contribution is 2.02. The molecule has 0 aromatic rings. The summed E-state index contributed by atoms with van der Waals surface area (Å²) in [6.45, 7) is 7.10.